The van der Waals surface area contributed by atoms with E-state index >= 15 is 0 Å². The zero-order valence-corrected chi connectivity index (χ0v) is 12.5. The van der Waals surface area contributed by atoms with Crippen molar-refractivity contribution in [2.24, 2.45) is 0 Å². The van der Waals surface area contributed by atoms with Gasteiger partial charge in [-0.25, -0.2) is 9.78 Å². The molecule has 0 radical (unpaired) electrons. The van der Waals surface area contributed by atoms with Gasteiger partial charge in [-0.1, -0.05) is 32.9 Å². The van der Waals surface area contributed by atoms with E-state index in [9.17, 15) is 4.79 Å². The molecule has 0 aliphatic heterocycles. The average Bonchev–Trinajstić information content (AvgIpc) is 2.47. The third-order valence-electron chi connectivity index (χ3n) is 3.21. The van der Waals surface area contributed by atoms with Crippen LogP contribution in [0.15, 0.2) is 36.4 Å². The quantitative estimate of drug-likeness (QED) is 0.891. The van der Waals surface area contributed by atoms with E-state index in [1.54, 1.807) is 6.07 Å². The molecule has 0 aliphatic carbocycles. The van der Waals surface area contributed by atoms with Crippen molar-refractivity contribution < 1.29 is 14.6 Å². The second kappa shape index (κ2) is 6.39. The van der Waals surface area contributed by atoms with Gasteiger partial charge in [0.25, 0.3) is 0 Å². The third-order valence-corrected chi connectivity index (χ3v) is 3.21. The van der Waals surface area contributed by atoms with Crippen LogP contribution in [-0.4, -0.2) is 16.1 Å². The molecule has 0 bridgehead atoms. The Hall–Kier alpha value is -2.36. The molecular weight excluding hydrogens is 266 g/mol. The number of carbonyl (C=O) groups is 1. The van der Waals surface area contributed by atoms with Crippen molar-refractivity contribution in [3.63, 3.8) is 0 Å². The van der Waals surface area contributed by atoms with Crippen molar-refractivity contribution in [2.75, 3.05) is 0 Å². The average molecular weight is 285 g/mol. The molecule has 0 aliphatic rings. The summed E-state index contributed by atoms with van der Waals surface area (Å²) in [7, 11) is 0. The molecular formula is C17H19NO3. The van der Waals surface area contributed by atoms with Gasteiger partial charge in [0.1, 0.15) is 5.75 Å². The molecule has 1 aromatic heterocycles. The van der Waals surface area contributed by atoms with E-state index in [2.05, 4.69) is 11.9 Å². The second-order valence-electron chi connectivity index (χ2n) is 5.18. The van der Waals surface area contributed by atoms with E-state index in [4.69, 9.17) is 9.84 Å². The SMILES string of the molecule is CCc1ccc(Oc2cc(C(=O)O)cc(C(C)C)n2)cc1. The van der Waals surface area contributed by atoms with Crippen molar-refractivity contribution in [3.8, 4) is 11.6 Å². The number of nitrogens with zero attached hydrogens (tertiary/aromatic N) is 1. The Bertz CT molecular complexity index is 633. The molecule has 1 heterocycles. The van der Waals surface area contributed by atoms with E-state index in [0.717, 1.165) is 6.42 Å². The van der Waals surface area contributed by atoms with Crippen LogP contribution >= 0.6 is 0 Å². The van der Waals surface area contributed by atoms with Crippen LogP contribution in [0, 0.1) is 0 Å². The normalized spacial score (nSPS) is 10.7. The van der Waals surface area contributed by atoms with Crippen LogP contribution in [0.4, 0.5) is 0 Å². The van der Waals surface area contributed by atoms with Crippen molar-refractivity contribution in [1.29, 1.82) is 0 Å². The number of hydrogen-bond donors (Lipinski definition) is 1. The summed E-state index contributed by atoms with van der Waals surface area (Å²) in [6.45, 7) is 6.02. The van der Waals surface area contributed by atoms with Crippen LogP contribution in [0.5, 0.6) is 11.6 Å². The molecule has 0 amide bonds. The summed E-state index contributed by atoms with van der Waals surface area (Å²) in [4.78, 5) is 15.5. The largest absolute Gasteiger partial charge is 0.478 e. The summed E-state index contributed by atoms with van der Waals surface area (Å²) < 4.78 is 5.69. The maximum atomic E-state index is 11.2. The Kier molecular flexibility index (Phi) is 4.58. The Morgan fingerprint density at radius 1 is 1.24 bits per heavy atom. The zero-order chi connectivity index (χ0) is 15.4. The van der Waals surface area contributed by atoms with E-state index in [1.165, 1.54) is 11.6 Å². The molecule has 4 nitrogen and oxygen atoms in total. The molecule has 0 saturated heterocycles. The van der Waals surface area contributed by atoms with Gasteiger partial charge in [0.05, 0.1) is 5.56 Å². The molecule has 110 valence electrons. The second-order valence-corrected chi connectivity index (χ2v) is 5.18. The van der Waals surface area contributed by atoms with Gasteiger partial charge in [0.2, 0.25) is 5.88 Å². The lowest BCUT2D eigenvalue weighted by molar-refractivity contribution is 0.0696. The highest BCUT2D eigenvalue weighted by atomic mass is 16.5. The Morgan fingerprint density at radius 2 is 1.90 bits per heavy atom. The molecule has 0 atom stereocenters. The number of carboxylic acid groups (broad SMARTS) is 1. The predicted octanol–water partition coefficient (Wildman–Crippen LogP) is 4.26. The summed E-state index contributed by atoms with van der Waals surface area (Å²) in [5, 5.41) is 9.17. The summed E-state index contributed by atoms with van der Waals surface area (Å²) in [5.74, 6) is 0.111. The van der Waals surface area contributed by atoms with E-state index in [-0.39, 0.29) is 11.5 Å². The number of hydrogen-bond acceptors (Lipinski definition) is 3. The molecule has 0 fully saturated rings. The number of benzene rings is 1. The summed E-state index contributed by atoms with van der Waals surface area (Å²) in [5.41, 5.74) is 2.11. The molecule has 1 N–H and O–H groups in total. The number of pyridine rings is 1. The fourth-order valence-corrected chi connectivity index (χ4v) is 1.91. The van der Waals surface area contributed by atoms with Crippen LogP contribution in [0.2, 0.25) is 0 Å². The maximum Gasteiger partial charge on any atom is 0.335 e. The van der Waals surface area contributed by atoms with Crippen molar-refractivity contribution >= 4 is 5.97 Å². The first kappa shape index (κ1) is 15.0. The highest BCUT2D eigenvalue weighted by molar-refractivity contribution is 5.88. The molecule has 21 heavy (non-hydrogen) atoms. The molecule has 0 spiro atoms. The Morgan fingerprint density at radius 3 is 2.43 bits per heavy atom. The monoisotopic (exact) mass is 285 g/mol. The van der Waals surface area contributed by atoms with Gasteiger partial charge in [0, 0.05) is 11.8 Å². The Balaban J connectivity index is 2.31. The van der Waals surface area contributed by atoms with Crippen molar-refractivity contribution in [2.45, 2.75) is 33.1 Å². The van der Waals surface area contributed by atoms with Crippen LogP contribution < -0.4 is 4.74 Å². The van der Waals surface area contributed by atoms with Crippen LogP contribution in [0.3, 0.4) is 0 Å². The highest BCUT2D eigenvalue weighted by Crippen LogP contribution is 2.24. The minimum Gasteiger partial charge on any atom is -0.478 e. The summed E-state index contributed by atoms with van der Waals surface area (Å²) >= 11 is 0. The third kappa shape index (κ3) is 3.81. The van der Waals surface area contributed by atoms with Crippen molar-refractivity contribution in [1.82, 2.24) is 4.98 Å². The molecule has 0 saturated carbocycles. The number of ether oxygens (including phenoxy) is 1. The number of aryl methyl sites for hydroxylation is 1. The summed E-state index contributed by atoms with van der Waals surface area (Å²) in [6.07, 6.45) is 0.963. The van der Waals surface area contributed by atoms with Crippen molar-refractivity contribution in [3.05, 3.63) is 53.2 Å². The molecule has 2 rings (SSSR count). The van der Waals surface area contributed by atoms with Crippen LogP contribution in [-0.2, 0) is 6.42 Å². The molecule has 4 heteroatoms. The van der Waals surface area contributed by atoms with Gasteiger partial charge in [-0.05, 0) is 36.1 Å². The lowest BCUT2D eigenvalue weighted by Gasteiger charge is -2.10. The number of aromatic nitrogens is 1. The van der Waals surface area contributed by atoms with Gasteiger partial charge in [-0.15, -0.1) is 0 Å². The minimum atomic E-state index is -0.981. The molecule has 0 unspecified atom stereocenters. The van der Waals surface area contributed by atoms with Gasteiger partial charge >= 0.3 is 5.97 Å². The summed E-state index contributed by atoms with van der Waals surface area (Å²) in [6, 6.07) is 10.7. The zero-order valence-electron chi connectivity index (χ0n) is 12.5. The number of rotatable bonds is 5. The first-order chi connectivity index (χ1) is 9.99. The first-order valence-electron chi connectivity index (χ1n) is 7.01. The smallest absolute Gasteiger partial charge is 0.335 e. The lowest BCUT2D eigenvalue weighted by Crippen LogP contribution is -2.03. The van der Waals surface area contributed by atoms with Crippen LogP contribution in [0.1, 0.15) is 48.3 Å². The van der Waals surface area contributed by atoms with E-state index in [0.29, 0.717) is 17.3 Å². The minimum absolute atomic E-state index is 0.133. The van der Waals surface area contributed by atoms with Gasteiger partial charge < -0.3 is 9.84 Å². The van der Waals surface area contributed by atoms with Crippen LogP contribution in [0.25, 0.3) is 0 Å². The maximum absolute atomic E-state index is 11.2. The fraction of sp³-hybridized carbons (Fsp3) is 0.294. The number of aromatic carboxylic acids is 1. The first-order valence-corrected chi connectivity index (χ1v) is 7.01. The molecule has 2 aromatic rings. The van der Waals surface area contributed by atoms with Gasteiger partial charge in [-0.2, -0.15) is 0 Å². The standard InChI is InChI=1S/C17H19NO3/c1-4-12-5-7-14(8-6-12)21-16-10-13(17(19)20)9-15(18-16)11(2)3/h5-11H,4H2,1-3H3,(H,19,20). The highest BCUT2D eigenvalue weighted by Gasteiger charge is 2.12. The van der Waals surface area contributed by atoms with E-state index in [1.807, 2.05) is 38.1 Å². The molecule has 1 aromatic carbocycles. The van der Waals surface area contributed by atoms with Gasteiger partial charge in [-0.3, -0.25) is 0 Å². The van der Waals surface area contributed by atoms with Gasteiger partial charge in [0.15, 0.2) is 0 Å². The fourth-order valence-electron chi connectivity index (χ4n) is 1.91. The number of carboxylic acids is 1. The Labute approximate surface area is 124 Å². The lowest BCUT2D eigenvalue weighted by atomic mass is 10.1. The predicted molar refractivity (Wildman–Crippen MR) is 81.2 cm³/mol. The topological polar surface area (TPSA) is 59.4 Å². The van der Waals surface area contributed by atoms with E-state index < -0.39 is 5.97 Å².